The Kier molecular flexibility index (Phi) is 7.47. The zero-order chi connectivity index (χ0) is 26.7. The number of nitrogens with one attached hydrogen (secondary N) is 1. The van der Waals surface area contributed by atoms with Gasteiger partial charge in [0.25, 0.3) is 10.0 Å². The molecule has 1 heterocycles. The topological polar surface area (TPSA) is 99.9 Å². The van der Waals surface area contributed by atoms with E-state index in [1.54, 1.807) is 38.4 Å². The van der Waals surface area contributed by atoms with E-state index >= 15 is 0 Å². The minimum Gasteiger partial charge on any atom is -0.422 e. The number of carbonyl (C=O) groups excluding carboxylic acids is 1. The fourth-order valence-corrected chi connectivity index (χ4v) is 5.42. The van der Waals surface area contributed by atoms with E-state index in [4.69, 9.17) is 4.42 Å². The van der Waals surface area contributed by atoms with E-state index in [1.165, 1.54) is 29.2 Å². The Morgan fingerprint density at radius 2 is 1.65 bits per heavy atom. The third-order valence-electron chi connectivity index (χ3n) is 6.14. The summed E-state index contributed by atoms with van der Waals surface area (Å²) in [5, 5.41) is 3.45. The van der Waals surface area contributed by atoms with E-state index in [-0.39, 0.29) is 16.2 Å². The quantitative estimate of drug-likeness (QED) is 0.360. The molecule has 37 heavy (non-hydrogen) atoms. The van der Waals surface area contributed by atoms with Crippen LogP contribution in [-0.4, -0.2) is 46.5 Å². The lowest BCUT2D eigenvalue weighted by Gasteiger charge is -2.28. The van der Waals surface area contributed by atoms with Gasteiger partial charge < -0.3 is 14.6 Å². The van der Waals surface area contributed by atoms with Crippen LogP contribution in [0.25, 0.3) is 22.1 Å². The van der Waals surface area contributed by atoms with Crippen LogP contribution >= 0.6 is 0 Å². The lowest BCUT2D eigenvalue weighted by molar-refractivity contribution is 0.219. The van der Waals surface area contributed by atoms with Crippen LogP contribution in [0, 0.1) is 13.8 Å². The van der Waals surface area contributed by atoms with E-state index < -0.39 is 21.7 Å². The molecule has 4 aromatic rings. The fraction of sp³-hybridized carbons (Fsp3) is 0.214. The summed E-state index contributed by atoms with van der Waals surface area (Å²) in [7, 11) is -0.955. The predicted molar refractivity (Wildman–Crippen MR) is 145 cm³/mol. The predicted octanol–water partition coefficient (Wildman–Crippen LogP) is 4.54. The van der Waals surface area contributed by atoms with Crippen molar-refractivity contribution in [1.82, 2.24) is 10.2 Å². The number of likely N-dealkylation sites (N-methyl/N-ethyl adjacent to an activating group) is 2. The molecule has 8 nitrogen and oxygen atoms in total. The third kappa shape index (κ3) is 5.28. The summed E-state index contributed by atoms with van der Waals surface area (Å²) >= 11 is 0. The Bertz CT molecular complexity index is 1610. The molecule has 2 amide bonds. The first-order chi connectivity index (χ1) is 17.6. The summed E-state index contributed by atoms with van der Waals surface area (Å²) in [5.41, 5.74) is 2.79. The van der Waals surface area contributed by atoms with Gasteiger partial charge in [-0.2, -0.15) is 4.31 Å². The van der Waals surface area contributed by atoms with Gasteiger partial charge in [0.1, 0.15) is 5.58 Å². The molecular weight excluding hydrogens is 490 g/mol. The van der Waals surface area contributed by atoms with E-state index in [9.17, 15) is 18.0 Å². The van der Waals surface area contributed by atoms with Gasteiger partial charge in [-0.1, -0.05) is 42.0 Å². The smallest absolute Gasteiger partial charge is 0.344 e. The van der Waals surface area contributed by atoms with Gasteiger partial charge in [0.15, 0.2) is 0 Å². The van der Waals surface area contributed by atoms with Crippen molar-refractivity contribution >= 4 is 32.7 Å². The zero-order valence-corrected chi connectivity index (χ0v) is 22.0. The molecule has 0 atom stereocenters. The number of aryl methyl sites for hydroxylation is 2. The number of urea groups is 1. The van der Waals surface area contributed by atoms with Gasteiger partial charge in [0, 0.05) is 25.5 Å². The molecule has 1 N–H and O–H groups in total. The molecule has 0 spiro atoms. The van der Waals surface area contributed by atoms with Gasteiger partial charge in [-0.3, -0.25) is 0 Å². The number of sulfonamides is 1. The molecule has 3 aromatic carbocycles. The monoisotopic (exact) mass is 519 g/mol. The normalized spacial score (nSPS) is 11.5. The maximum absolute atomic E-state index is 13.8. The highest BCUT2D eigenvalue weighted by Crippen LogP contribution is 2.30. The molecule has 1 aromatic heterocycles. The van der Waals surface area contributed by atoms with Crippen molar-refractivity contribution in [2.45, 2.75) is 18.7 Å². The Balaban J connectivity index is 1.88. The number of carbonyl (C=O) groups is 1. The minimum absolute atomic E-state index is 0.00578. The maximum atomic E-state index is 13.8. The molecule has 0 aliphatic heterocycles. The van der Waals surface area contributed by atoms with Gasteiger partial charge in [0.2, 0.25) is 0 Å². The summed E-state index contributed by atoms with van der Waals surface area (Å²) in [5.74, 6) is 0. The number of anilines is 1. The van der Waals surface area contributed by atoms with Crippen LogP contribution in [0.3, 0.4) is 0 Å². The molecule has 4 rings (SSSR count). The number of hydrogen-bond donors (Lipinski definition) is 1. The van der Waals surface area contributed by atoms with Crippen molar-refractivity contribution in [1.29, 1.82) is 0 Å². The van der Waals surface area contributed by atoms with Crippen molar-refractivity contribution in [3.8, 4) is 11.1 Å². The van der Waals surface area contributed by atoms with Gasteiger partial charge in [0.05, 0.1) is 16.1 Å². The van der Waals surface area contributed by atoms with Crippen LogP contribution in [0.1, 0.15) is 11.1 Å². The number of fused-ring (bicyclic) bond motifs is 1. The lowest BCUT2D eigenvalue weighted by atomic mass is 10.0. The van der Waals surface area contributed by atoms with E-state index in [0.29, 0.717) is 24.0 Å². The van der Waals surface area contributed by atoms with Crippen LogP contribution in [0.15, 0.2) is 86.9 Å². The van der Waals surface area contributed by atoms with Crippen molar-refractivity contribution in [3.05, 3.63) is 94.3 Å². The molecule has 9 heteroatoms. The number of amides is 2. The maximum Gasteiger partial charge on any atom is 0.344 e. The summed E-state index contributed by atoms with van der Waals surface area (Å²) < 4.78 is 33.9. The number of nitrogens with zero attached hydrogens (tertiary/aromatic N) is 2. The van der Waals surface area contributed by atoms with Gasteiger partial charge >= 0.3 is 11.7 Å². The van der Waals surface area contributed by atoms with Crippen LogP contribution in [0.5, 0.6) is 0 Å². The molecule has 0 saturated heterocycles. The standard InChI is InChI=1S/C28H29N3O5S/c1-19-9-12-23(13-10-19)37(34,35)31(28(33)30(4)16-15-29-3)22-11-14-26-21(17-22)18-25(27(32)36-26)24-8-6-5-7-20(24)2/h5-14,17-18,29H,15-16H2,1-4H3. The molecule has 0 saturated carbocycles. The second-order valence-corrected chi connectivity index (χ2v) is 10.7. The first-order valence-electron chi connectivity index (χ1n) is 11.8. The van der Waals surface area contributed by atoms with E-state index in [0.717, 1.165) is 21.0 Å². The molecule has 0 fully saturated rings. The van der Waals surface area contributed by atoms with Crippen LogP contribution in [0.2, 0.25) is 0 Å². The summed E-state index contributed by atoms with van der Waals surface area (Å²) in [6, 6.07) is 19.2. The molecule has 0 aliphatic carbocycles. The number of rotatable bonds is 7. The first kappa shape index (κ1) is 26.1. The first-order valence-corrected chi connectivity index (χ1v) is 13.2. The molecular formula is C28H29N3O5S. The second kappa shape index (κ2) is 10.6. The molecule has 192 valence electrons. The third-order valence-corrected chi connectivity index (χ3v) is 7.86. The summed E-state index contributed by atoms with van der Waals surface area (Å²) in [6.45, 7) is 4.54. The van der Waals surface area contributed by atoms with Gasteiger partial charge in [-0.25, -0.2) is 18.0 Å². The Hall–Kier alpha value is -3.95. The highest BCUT2D eigenvalue weighted by molar-refractivity contribution is 7.93. The van der Waals surface area contributed by atoms with Crippen LogP contribution in [0.4, 0.5) is 10.5 Å². The fourth-order valence-electron chi connectivity index (χ4n) is 4.00. The highest BCUT2D eigenvalue weighted by atomic mass is 32.2. The van der Waals surface area contributed by atoms with E-state index in [1.807, 2.05) is 38.1 Å². The lowest BCUT2D eigenvalue weighted by Crippen LogP contribution is -2.46. The average molecular weight is 520 g/mol. The van der Waals surface area contributed by atoms with Gasteiger partial charge in [-0.15, -0.1) is 0 Å². The Morgan fingerprint density at radius 1 is 0.946 bits per heavy atom. The molecule has 0 unspecified atom stereocenters. The molecule has 0 bridgehead atoms. The minimum atomic E-state index is -4.26. The van der Waals surface area contributed by atoms with E-state index in [2.05, 4.69) is 5.32 Å². The van der Waals surface area contributed by atoms with Crippen molar-refractivity contribution in [3.63, 3.8) is 0 Å². The Labute approximate surface area is 216 Å². The highest BCUT2D eigenvalue weighted by Gasteiger charge is 2.33. The SMILES string of the molecule is CNCCN(C)C(=O)N(c1ccc2oc(=O)c(-c3ccccc3C)cc2c1)S(=O)(=O)c1ccc(C)cc1. The van der Waals surface area contributed by atoms with Crippen LogP contribution < -0.4 is 15.2 Å². The Morgan fingerprint density at radius 3 is 2.32 bits per heavy atom. The molecule has 0 aliphatic rings. The van der Waals surface area contributed by atoms with Crippen molar-refractivity contribution in [2.75, 3.05) is 31.5 Å². The van der Waals surface area contributed by atoms with Crippen molar-refractivity contribution in [2.24, 2.45) is 0 Å². The zero-order valence-electron chi connectivity index (χ0n) is 21.2. The number of benzene rings is 3. The second-order valence-electron chi connectivity index (χ2n) is 8.87. The summed E-state index contributed by atoms with van der Waals surface area (Å²) in [4.78, 5) is 27.6. The molecule has 0 radical (unpaired) electrons. The average Bonchev–Trinajstić information content (AvgIpc) is 2.87. The van der Waals surface area contributed by atoms with Gasteiger partial charge in [-0.05, 0) is 68.4 Å². The number of hydrogen-bond acceptors (Lipinski definition) is 6. The van der Waals surface area contributed by atoms with Crippen molar-refractivity contribution < 1.29 is 17.6 Å². The largest absolute Gasteiger partial charge is 0.422 e. The van der Waals surface area contributed by atoms with Crippen LogP contribution in [-0.2, 0) is 10.0 Å². The summed E-state index contributed by atoms with van der Waals surface area (Å²) in [6.07, 6.45) is 0.